The second-order valence-corrected chi connectivity index (χ2v) is 3.07. The monoisotopic (exact) mass is 199 g/mol. The van der Waals surface area contributed by atoms with Crippen molar-refractivity contribution < 1.29 is 5.21 Å². The van der Waals surface area contributed by atoms with Crippen molar-refractivity contribution in [2.45, 2.75) is 13.5 Å². The summed E-state index contributed by atoms with van der Waals surface area (Å²) in [6, 6.07) is 1.21. The van der Waals surface area contributed by atoms with Crippen LogP contribution >= 0.6 is 0 Å². The molecule has 0 radical (unpaired) electrons. The first-order chi connectivity index (χ1) is 6.49. The highest BCUT2D eigenvalue weighted by Gasteiger charge is 2.10. The molecular formula is C8H13N3O3. The third-order valence-corrected chi connectivity index (χ3v) is 1.92. The minimum Gasteiger partial charge on any atom is -0.422 e. The number of anilines is 1. The number of aromatic nitrogens is 2. The molecule has 78 valence electrons. The summed E-state index contributed by atoms with van der Waals surface area (Å²) in [6.07, 6.45) is 0. The zero-order valence-electron chi connectivity index (χ0n) is 8.39. The molecule has 0 aliphatic heterocycles. The Morgan fingerprint density at radius 1 is 1.43 bits per heavy atom. The maximum absolute atomic E-state index is 11.4. The highest BCUT2D eigenvalue weighted by atomic mass is 16.5. The molecule has 1 rings (SSSR count). The lowest BCUT2D eigenvalue weighted by Gasteiger charge is -2.15. The second-order valence-electron chi connectivity index (χ2n) is 3.07. The number of rotatable bonds is 2. The molecule has 0 aliphatic rings. The van der Waals surface area contributed by atoms with Crippen molar-refractivity contribution in [3.05, 3.63) is 26.9 Å². The van der Waals surface area contributed by atoms with E-state index in [9.17, 15) is 14.8 Å². The Balaban J connectivity index is 3.57. The van der Waals surface area contributed by atoms with Crippen molar-refractivity contribution in [3.63, 3.8) is 0 Å². The fourth-order valence-electron chi connectivity index (χ4n) is 1.17. The van der Waals surface area contributed by atoms with Crippen LogP contribution in [0, 0.1) is 0 Å². The Labute approximate surface area is 80.6 Å². The lowest BCUT2D eigenvalue weighted by molar-refractivity contribution is 0.167. The van der Waals surface area contributed by atoms with E-state index in [-0.39, 0.29) is 12.4 Å². The normalized spacial score (nSPS) is 10.2. The van der Waals surface area contributed by atoms with Crippen LogP contribution in [0.25, 0.3) is 0 Å². The van der Waals surface area contributed by atoms with E-state index >= 15 is 0 Å². The van der Waals surface area contributed by atoms with E-state index in [2.05, 4.69) is 0 Å². The molecule has 0 unspecified atom stereocenters. The van der Waals surface area contributed by atoms with Gasteiger partial charge in [0.1, 0.15) is 0 Å². The van der Waals surface area contributed by atoms with Crippen LogP contribution in [0.3, 0.4) is 0 Å². The molecule has 0 bridgehead atoms. The third-order valence-electron chi connectivity index (χ3n) is 1.92. The fourth-order valence-corrected chi connectivity index (χ4v) is 1.17. The number of hydrogen-bond donors (Lipinski definition) is 1. The van der Waals surface area contributed by atoms with Gasteiger partial charge < -0.3 is 10.1 Å². The fraction of sp³-hybridized carbons (Fsp3) is 0.500. The van der Waals surface area contributed by atoms with Crippen LogP contribution in [0.15, 0.2) is 15.7 Å². The first kappa shape index (κ1) is 10.4. The van der Waals surface area contributed by atoms with E-state index in [1.54, 1.807) is 21.0 Å². The maximum Gasteiger partial charge on any atom is 0.365 e. The summed E-state index contributed by atoms with van der Waals surface area (Å²) in [5, 5.41) is 9.41. The van der Waals surface area contributed by atoms with Gasteiger partial charge in [-0.2, -0.15) is 0 Å². The van der Waals surface area contributed by atoms with Gasteiger partial charge in [0.05, 0.1) is 0 Å². The number of hydrogen-bond acceptors (Lipinski definition) is 4. The SMILES string of the molecule is CCn1c(=O)cc(N(C)C)n(O)c1=O. The van der Waals surface area contributed by atoms with Gasteiger partial charge in [0.15, 0.2) is 5.82 Å². The Morgan fingerprint density at radius 3 is 2.43 bits per heavy atom. The Hall–Kier alpha value is -1.72. The van der Waals surface area contributed by atoms with Gasteiger partial charge in [-0.3, -0.25) is 9.36 Å². The second kappa shape index (κ2) is 3.57. The van der Waals surface area contributed by atoms with Crippen molar-refractivity contribution >= 4 is 5.82 Å². The van der Waals surface area contributed by atoms with Crippen molar-refractivity contribution in [1.82, 2.24) is 9.30 Å². The summed E-state index contributed by atoms with van der Waals surface area (Å²) in [5.41, 5.74) is -1.13. The molecule has 0 aromatic carbocycles. The molecule has 0 aliphatic carbocycles. The van der Waals surface area contributed by atoms with Gasteiger partial charge in [-0.25, -0.2) is 4.79 Å². The molecule has 1 N–H and O–H groups in total. The average molecular weight is 199 g/mol. The van der Waals surface area contributed by atoms with Gasteiger partial charge in [-0.05, 0) is 6.92 Å². The minimum atomic E-state index is -0.719. The molecule has 0 atom stereocenters. The van der Waals surface area contributed by atoms with Gasteiger partial charge in [-0.1, -0.05) is 0 Å². The van der Waals surface area contributed by atoms with E-state index in [1.165, 1.54) is 11.0 Å². The standard InChI is InChI=1S/C8H13N3O3/c1-4-10-7(12)5-6(9(2)3)11(14)8(10)13/h5,14H,4H2,1-3H3. The van der Waals surface area contributed by atoms with E-state index in [0.29, 0.717) is 4.73 Å². The molecule has 6 heteroatoms. The summed E-state index contributed by atoms with van der Waals surface area (Å²) in [6.45, 7) is 1.91. The van der Waals surface area contributed by atoms with E-state index in [1.807, 2.05) is 0 Å². The molecule has 1 aromatic rings. The van der Waals surface area contributed by atoms with Crippen molar-refractivity contribution in [2.24, 2.45) is 0 Å². The summed E-state index contributed by atoms with van der Waals surface area (Å²) in [7, 11) is 3.27. The summed E-state index contributed by atoms with van der Waals surface area (Å²) < 4.78 is 1.41. The van der Waals surface area contributed by atoms with Gasteiger partial charge in [0.2, 0.25) is 0 Å². The molecular weight excluding hydrogens is 186 g/mol. The van der Waals surface area contributed by atoms with Gasteiger partial charge in [0, 0.05) is 26.7 Å². The Morgan fingerprint density at radius 2 is 2.00 bits per heavy atom. The topological polar surface area (TPSA) is 67.5 Å². The largest absolute Gasteiger partial charge is 0.422 e. The van der Waals surface area contributed by atoms with E-state index in [4.69, 9.17) is 0 Å². The summed E-state index contributed by atoms with van der Waals surface area (Å²) >= 11 is 0. The predicted octanol–water partition coefficient (Wildman–Crippen LogP) is -0.667. The molecule has 1 aromatic heterocycles. The van der Waals surface area contributed by atoms with E-state index in [0.717, 1.165) is 4.57 Å². The van der Waals surface area contributed by atoms with Crippen LogP contribution in [-0.4, -0.2) is 28.6 Å². The molecule has 14 heavy (non-hydrogen) atoms. The summed E-state index contributed by atoms with van der Waals surface area (Å²) in [5.74, 6) is 0.171. The zero-order chi connectivity index (χ0) is 10.9. The molecule has 0 saturated carbocycles. The molecule has 0 spiro atoms. The van der Waals surface area contributed by atoms with Crippen molar-refractivity contribution in [1.29, 1.82) is 0 Å². The van der Waals surface area contributed by atoms with Crippen LogP contribution in [-0.2, 0) is 6.54 Å². The molecule has 0 saturated heterocycles. The first-order valence-electron chi connectivity index (χ1n) is 4.22. The van der Waals surface area contributed by atoms with Crippen LogP contribution in [0.4, 0.5) is 5.82 Å². The van der Waals surface area contributed by atoms with Gasteiger partial charge in [-0.15, -0.1) is 4.73 Å². The minimum absolute atomic E-state index is 0.171. The van der Waals surface area contributed by atoms with Gasteiger partial charge in [0.25, 0.3) is 5.56 Å². The number of nitrogens with zero attached hydrogens (tertiary/aromatic N) is 3. The molecule has 6 nitrogen and oxygen atoms in total. The van der Waals surface area contributed by atoms with Gasteiger partial charge >= 0.3 is 5.69 Å². The lowest BCUT2D eigenvalue weighted by atomic mass is 10.5. The zero-order valence-corrected chi connectivity index (χ0v) is 8.39. The smallest absolute Gasteiger partial charge is 0.365 e. The lowest BCUT2D eigenvalue weighted by Crippen LogP contribution is -2.40. The molecule has 0 amide bonds. The average Bonchev–Trinajstić information content (AvgIpc) is 2.12. The highest BCUT2D eigenvalue weighted by Crippen LogP contribution is 2.01. The van der Waals surface area contributed by atoms with Crippen LogP contribution in [0.1, 0.15) is 6.92 Å². The van der Waals surface area contributed by atoms with Crippen LogP contribution in [0.5, 0.6) is 0 Å². The third kappa shape index (κ3) is 1.50. The van der Waals surface area contributed by atoms with Crippen LogP contribution < -0.4 is 16.1 Å². The quantitative estimate of drug-likeness (QED) is 0.642. The Kier molecular flexibility index (Phi) is 2.64. The van der Waals surface area contributed by atoms with Crippen LogP contribution in [0.2, 0.25) is 0 Å². The summed E-state index contributed by atoms with van der Waals surface area (Å²) in [4.78, 5) is 24.2. The highest BCUT2D eigenvalue weighted by molar-refractivity contribution is 5.34. The predicted molar refractivity (Wildman–Crippen MR) is 52.1 cm³/mol. The van der Waals surface area contributed by atoms with E-state index < -0.39 is 11.2 Å². The maximum atomic E-state index is 11.4. The van der Waals surface area contributed by atoms with Crippen molar-refractivity contribution in [2.75, 3.05) is 19.0 Å². The molecule has 0 fully saturated rings. The van der Waals surface area contributed by atoms with Crippen molar-refractivity contribution in [3.8, 4) is 0 Å². The first-order valence-corrected chi connectivity index (χ1v) is 4.22. The Bertz CT molecular complexity index is 444. The molecule has 1 heterocycles.